The number of hydrogen-bond donors (Lipinski definition) is 1. The lowest BCUT2D eigenvalue weighted by atomic mass is 10.1. The van der Waals surface area contributed by atoms with Crippen LogP contribution in [0, 0.1) is 6.92 Å². The summed E-state index contributed by atoms with van der Waals surface area (Å²) in [5.41, 5.74) is 2.36. The predicted octanol–water partition coefficient (Wildman–Crippen LogP) is 2.02. The number of aryl methyl sites for hydroxylation is 1. The number of piperazine rings is 1. The Morgan fingerprint density at radius 1 is 1.24 bits per heavy atom. The van der Waals surface area contributed by atoms with Crippen molar-refractivity contribution >= 4 is 5.91 Å². The van der Waals surface area contributed by atoms with E-state index in [-0.39, 0.29) is 11.9 Å². The SMILES string of the molecule is Cc1ccc(-c2ocnc2C(=O)N[C@@H](C)CN2CCN(C)CC2)cc1. The van der Waals surface area contributed by atoms with Crippen molar-refractivity contribution in [1.29, 1.82) is 0 Å². The molecule has 0 radical (unpaired) electrons. The van der Waals surface area contributed by atoms with Gasteiger partial charge in [0.2, 0.25) is 0 Å². The molecule has 6 nitrogen and oxygen atoms in total. The molecule has 1 atom stereocenters. The van der Waals surface area contributed by atoms with Gasteiger partial charge in [0.1, 0.15) is 0 Å². The van der Waals surface area contributed by atoms with Gasteiger partial charge in [-0.05, 0) is 20.9 Å². The van der Waals surface area contributed by atoms with Crippen LogP contribution in [0.15, 0.2) is 35.1 Å². The molecule has 1 aliphatic rings. The summed E-state index contributed by atoms with van der Waals surface area (Å²) in [6, 6.07) is 7.93. The Morgan fingerprint density at radius 3 is 2.60 bits per heavy atom. The van der Waals surface area contributed by atoms with E-state index < -0.39 is 0 Å². The van der Waals surface area contributed by atoms with E-state index >= 15 is 0 Å². The molecule has 134 valence electrons. The highest BCUT2D eigenvalue weighted by Crippen LogP contribution is 2.23. The highest BCUT2D eigenvalue weighted by molar-refractivity contribution is 5.97. The highest BCUT2D eigenvalue weighted by atomic mass is 16.3. The van der Waals surface area contributed by atoms with E-state index in [1.165, 1.54) is 6.39 Å². The van der Waals surface area contributed by atoms with Crippen molar-refractivity contribution in [3.63, 3.8) is 0 Å². The molecule has 1 N–H and O–H groups in total. The molecule has 6 heteroatoms. The van der Waals surface area contributed by atoms with E-state index in [1.807, 2.05) is 38.1 Å². The Hall–Kier alpha value is -2.18. The Balaban J connectivity index is 1.62. The van der Waals surface area contributed by atoms with E-state index in [9.17, 15) is 4.79 Å². The van der Waals surface area contributed by atoms with E-state index in [0.717, 1.165) is 43.9 Å². The number of amides is 1. The van der Waals surface area contributed by atoms with Gasteiger partial charge in [-0.25, -0.2) is 4.98 Å². The number of nitrogens with zero attached hydrogens (tertiary/aromatic N) is 3. The van der Waals surface area contributed by atoms with Crippen molar-refractivity contribution in [3.8, 4) is 11.3 Å². The second kappa shape index (κ2) is 7.80. The fourth-order valence-electron chi connectivity index (χ4n) is 3.07. The number of rotatable bonds is 5. The molecule has 1 aromatic heterocycles. The zero-order valence-electron chi connectivity index (χ0n) is 15.2. The van der Waals surface area contributed by atoms with Gasteiger partial charge in [0.25, 0.3) is 5.91 Å². The van der Waals surface area contributed by atoms with Gasteiger partial charge >= 0.3 is 0 Å². The number of aromatic nitrogens is 1. The molecule has 0 unspecified atom stereocenters. The molecule has 1 aromatic carbocycles. The second-order valence-electron chi connectivity index (χ2n) is 6.87. The van der Waals surface area contributed by atoms with Gasteiger partial charge < -0.3 is 14.6 Å². The summed E-state index contributed by atoms with van der Waals surface area (Å²) in [6.45, 7) is 9.12. The fraction of sp³-hybridized carbons (Fsp3) is 0.474. The summed E-state index contributed by atoms with van der Waals surface area (Å²) in [5.74, 6) is 0.329. The predicted molar refractivity (Wildman–Crippen MR) is 97.5 cm³/mol. The quantitative estimate of drug-likeness (QED) is 0.901. The lowest BCUT2D eigenvalue weighted by Gasteiger charge is -2.33. The molecule has 2 heterocycles. The monoisotopic (exact) mass is 342 g/mol. The number of oxazole rings is 1. The first kappa shape index (κ1) is 17.6. The van der Waals surface area contributed by atoms with E-state index in [0.29, 0.717) is 11.5 Å². The first-order chi connectivity index (χ1) is 12.0. The summed E-state index contributed by atoms with van der Waals surface area (Å²) in [5, 5.41) is 3.05. The zero-order valence-corrected chi connectivity index (χ0v) is 15.2. The van der Waals surface area contributed by atoms with Gasteiger partial charge in [-0.2, -0.15) is 0 Å². The molecule has 0 bridgehead atoms. The average Bonchev–Trinajstić information content (AvgIpc) is 3.07. The van der Waals surface area contributed by atoms with Crippen LogP contribution in [-0.2, 0) is 0 Å². The lowest BCUT2D eigenvalue weighted by molar-refractivity contribution is 0.0910. The normalized spacial score (nSPS) is 17.4. The van der Waals surface area contributed by atoms with Crippen LogP contribution in [0.25, 0.3) is 11.3 Å². The topological polar surface area (TPSA) is 61.6 Å². The smallest absolute Gasteiger partial charge is 0.274 e. The second-order valence-corrected chi connectivity index (χ2v) is 6.87. The summed E-state index contributed by atoms with van der Waals surface area (Å²) in [6.07, 6.45) is 1.33. The van der Waals surface area contributed by atoms with Crippen molar-refractivity contribution in [2.24, 2.45) is 0 Å². The van der Waals surface area contributed by atoms with Crippen LogP contribution in [0.4, 0.5) is 0 Å². The van der Waals surface area contributed by atoms with Crippen LogP contribution in [-0.4, -0.2) is 66.5 Å². The minimum Gasteiger partial charge on any atom is -0.443 e. The standard InChI is InChI=1S/C19H26N4O2/c1-14-4-6-16(7-5-14)18-17(20-13-25-18)19(24)21-15(2)12-23-10-8-22(3)9-11-23/h4-7,13,15H,8-12H2,1-3H3,(H,21,24)/t15-/m0/s1. The number of carbonyl (C=O) groups is 1. The van der Waals surface area contributed by atoms with Crippen LogP contribution in [0.5, 0.6) is 0 Å². The molecular weight excluding hydrogens is 316 g/mol. The third kappa shape index (κ3) is 4.46. The van der Waals surface area contributed by atoms with Crippen molar-refractivity contribution in [2.45, 2.75) is 19.9 Å². The first-order valence-electron chi connectivity index (χ1n) is 8.75. The Labute approximate surface area is 148 Å². The summed E-state index contributed by atoms with van der Waals surface area (Å²) < 4.78 is 5.47. The minimum absolute atomic E-state index is 0.0541. The van der Waals surface area contributed by atoms with Gasteiger partial charge in [-0.3, -0.25) is 9.69 Å². The lowest BCUT2D eigenvalue weighted by Crippen LogP contribution is -2.49. The maximum atomic E-state index is 12.6. The summed E-state index contributed by atoms with van der Waals surface area (Å²) in [4.78, 5) is 21.4. The molecule has 1 amide bonds. The Kier molecular flexibility index (Phi) is 5.50. The van der Waals surface area contributed by atoms with E-state index in [1.54, 1.807) is 0 Å². The average molecular weight is 342 g/mol. The fourth-order valence-corrected chi connectivity index (χ4v) is 3.07. The Bertz CT molecular complexity index is 702. The number of carbonyl (C=O) groups excluding carboxylic acids is 1. The van der Waals surface area contributed by atoms with Crippen LogP contribution in [0.1, 0.15) is 23.0 Å². The van der Waals surface area contributed by atoms with E-state index in [4.69, 9.17) is 4.42 Å². The number of nitrogens with one attached hydrogen (secondary N) is 1. The van der Waals surface area contributed by atoms with Gasteiger partial charge in [0.15, 0.2) is 17.8 Å². The van der Waals surface area contributed by atoms with Crippen LogP contribution in [0.3, 0.4) is 0 Å². The van der Waals surface area contributed by atoms with Crippen LogP contribution in [0.2, 0.25) is 0 Å². The number of likely N-dealkylation sites (N-methyl/N-ethyl adjacent to an activating group) is 1. The van der Waals surface area contributed by atoms with E-state index in [2.05, 4.69) is 27.1 Å². The molecular formula is C19H26N4O2. The third-order valence-corrected chi connectivity index (χ3v) is 4.60. The molecule has 25 heavy (non-hydrogen) atoms. The molecule has 0 spiro atoms. The molecule has 2 aromatic rings. The van der Waals surface area contributed by atoms with Crippen molar-refractivity contribution in [1.82, 2.24) is 20.1 Å². The van der Waals surface area contributed by atoms with Crippen LogP contribution >= 0.6 is 0 Å². The maximum Gasteiger partial charge on any atom is 0.274 e. The summed E-state index contributed by atoms with van der Waals surface area (Å²) in [7, 11) is 2.14. The first-order valence-corrected chi connectivity index (χ1v) is 8.75. The Morgan fingerprint density at radius 2 is 1.92 bits per heavy atom. The highest BCUT2D eigenvalue weighted by Gasteiger charge is 2.21. The zero-order chi connectivity index (χ0) is 17.8. The van der Waals surface area contributed by atoms with Crippen LogP contribution < -0.4 is 5.32 Å². The van der Waals surface area contributed by atoms with Crippen molar-refractivity contribution < 1.29 is 9.21 Å². The van der Waals surface area contributed by atoms with Gasteiger partial charge in [-0.15, -0.1) is 0 Å². The molecule has 1 fully saturated rings. The van der Waals surface area contributed by atoms with Crippen molar-refractivity contribution in [2.75, 3.05) is 39.8 Å². The maximum absolute atomic E-state index is 12.6. The van der Waals surface area contributed by atoms with Gasteiger partial charge in [0.05, 0.1) is 0 Å². The summed E-state index contributed by atoms with van der Waals surface area (Å²) >= 11 is 0. The third-order valence-electron chi connectivity index (χ3n) is 4.60. The molecule has 3 rings (SSSR count). The molecule has 1 aliphatic heterocycles. The molecule has 0 aliphatic carbocycles. The molecule has 0 saturated carbocycles. The largest absolute Gasteiger partial charge is 0.443 e. The molecule has 1 saturated heterocycles. The van der Waals surface area contributed by atoms with Crippen molar-refractivity contribution in [3.05, 3.63) is 41.9 Å². The number of hydrogen-bond acceptors (Lipinski definition) is 5. The van der Waals surface area contributed by atoms with Gasteiger partial charge in [-0.1, -0.05) is 29.8 Å². The number of benzene rings is 1. The van der Waals surface area contributed by atoms with Gasteiger partial charge in [0, 0.05) is 44.3 Å². The minimum atomic E-state index is -0.189.